The number of aryl methyl sites for hydroxylation is 1. The maximum Gasteiger partial charge on any atom is 0.305 e. The summed E-state index contributed by atoms with van der Waals surface area (Å²) in [6.45, 7) is 4.56. The van der Waals surface area contributed by atoms with Crippen LogP contribution in [0.15, 0.2) is 45.7 Å². The molecule has 0 unspecified atom stereocenters. The van der Waals surface area contributed by atoms with E-state index in [9.17, 15) is 9.59 Å². The quantitative estimate of drug-likeness (QED) is 0.368. The van der Waals surface area contributed by atoms with Crippen LogP contribution in [0, 0.1) is 6.92 Å². The van der Waals surface area contributed by atoms with Crippen LogP contribution in [0.4, 0.5) is 0 Å². The molecule has 28 heavy (non-hydrogen) atoms. The lowest BCUT2D eigenvalue weighted by atomic mass is 10.1. The average molecular weight is 416 g/mol. The maximum absolute atomic E-state index is 12.6. The molecule has 0 atom stereocenters. The molecule has 2 heterocycles. The molecule has 0 bridgehead atoms. The fraction of sp³-hybridized carbons (Fsp3) is 0.286. The molecule has 1 aliphatic heterocycles. The van der Waals surface area contributed by atoms with Crippen LogP contribution >= 0.6 is 24.0 Å². The van der Waals surface area contributed by atoms with Crippen molar-refractivity contribution in [2.24, 2.45) is 0 Å². The lowest BCUT2D eigenvalue weighted by Gasteiger charge is -2.13. The second-order valence-corrected chi connectivity index (χ2v) is 7.99. The Balaban J connectivity index is 1.65. The number of carbonyl (C=O) groups is 2. The Morgan fingerprint density at radius 3 is 2.71 bits per heavy atom. The third kappa shape index (κ3) is 4.91. The number of rotatable bonds is 7. The number of carbonyl (C=O) groups excluding carboxylic acids is 2. The fourth-order valence-electron chi connectivity index (χ4n) is 2.74. The Hall–Kier alpha value is -2.38. The van der Waals surface area contributed by atoms with Gasteiger partial charge in [0.2, 0.25) is 0 Å². The molecule has 1 saturated heterocycles. The molecule has 0 saturated carbocycles. The van der Waals surface area contributed by atoms with Crippen molar-refractivity contribution in [3.63, 3.8) is 0 Å². The molecule has 1 aromatic heterocycles. The van der Waals surface area contributed by atoms with Crippen molar-refractivity contribution >= 4 is 46.3 Å². The Labute approximate surface area is 173 Å². The zero-order valence-corrected chi connectivity index (χ0v) is 17.4. The molecule has 0 aliphatic carbocycles. The van der Waals surface area contributed by atoms with Gasteiger partial charge in [0.25, 0.3) is 5.91 Å². The number of esters is 1. The van der Waals surface area contributed by atoms with Crippen molar-refractivity contribution in [1.29, 1.82) is 0 Å². The topological polar surface area (TPSA) is 59.8 Å². The van der Waals surface area contributed by atoms with Gasteiger partial charge in [0.05, 0.1) is 11.5 Å². The van der Waals surface area contributed by atoms with Gasteiger partial charge in [0, 0.05) is 24.6 Å². The molecule has 1 fully saturated rings. The van der Waals surface area contributed by atoms with Crippen LogP contribution in [0.25, 0.3) is 17.4 Å². The molecule has 1 aliphatic rings. The molecule has 0 radical (unpaired) electrons. The van der Waals surface area contributed by atoms with Crippen LogP contribution in [0.3, 0.4) is 0 Å². The highest BCUT2D eigenvalue weighted by atomic mass is 32.2. The van der Waals surface area contributed by atoms with Gasteiger partial charge >= 0.3 is 5.97 Å². The summed E-state index contributed by atoms with van der Waals surface area (Å²) >= 11 is 6.56. The smallest absolute Gasteiger partial charge is 0.305 e. The van der Waals surface area contributed by atoms with Crippen LogP contribution in [-0.4, -0.2) is 34.2 Å². The predicted octanol–water partition coefficient (Wildman–Crippen LogP) is 4.80. The van der Waals surface area contributed by atoms with Crippen LogP contribution < -0.4 is 0 Å². The van der Waals surface area contributed by atoms with Crippen molar-refractivity contribution in [3.8, 4) is 11.3 Å². The normalized spacial score (nSPS) is 15.5. The van der Waals surface area contributed by atoms with Gasteiger partial charge in [-0.05, 0) is 32.4 Å². The van der Waals surface area contributed by atoms with Gasteiger partial charge in [0.1, 0.15) is 15.8 Å². The molecule has 3 rings (SSSR count). The first-order chi connectivity index (χ1) is 13.5. The van der Waals surface area contributed by atoms with Crippen molar-refractivity contribution in [3.05, 3.63) is 52.6 Å². The number of furan rings is 1. The van der Waals surface area contributed by atoms with Gasteiger partial charge < -0.3 is 9.15 Å². The molecular formula is C21H21NO4S2. The third-order valence-electron chi connectivity index (χ3n) is 4.18. The van der Waals surface area contributed by atoms with Crippen molar-refractivity contribution in [2.45, 2.75) is 26.7 Å². The average Bonchev–Trinajstić information content (AvgIpc) is 3.23. The van der Waals surface area contributed by atoms with Crippen molar-refractivity contribution in [2.75, 3.05) is 13.2 Å². The Kier molecular flexibility index (Phi) is 6.70. The van der Waals surface area contributed by atoms with E-state index in [-0.39, 0.29) is 18.3 Å². The van der Waals surface area contributed by atoms with E-state index >= 15 is 0 Å². The number of thiocarbonyl (C=S) groups is 1. The van der Waals surface area contributed by atoms with E-state index in [1.807, 2.05) is 43.3 Å². The highest BCUT2D eigenvalue weighted by Gasteiger charge is 2.32. The number of thioether (sulfide) groups is 1. The highest BCUT2D eigenvalue weighted by Crippen LogP contribution is 2.33. The minimum Gasteiger partial charge on any atom is -0.466 e. The number of nitrogens with zero attached hydrogens (tertiary/aromatic N) is 1. The van der Waals surface area contributed by atoms with E-state index in [4.69, 9.17) is 21.4 Å². The van der Waals surface area contributed by atoms with Gasteiger partial charge in [-0.25, -0.2) is 0 Å². The second kappa shape index (κ2) is 9.21. The summed E-state index contributed by atoms with van der Waals surface area (Å²) in [7, 11) is 0. The third-order valence-corrected chi connectivity index (χ3v) is 5.56. The van der Waals surface area contributed by atoms with Crippen LogP contribution in [0.1, 0.15) is 31.1 Å². The lowest BCUT2D eigenvalue weighted by molar-refractivity contribution is -0.143. The summed E-state index contributed by atoms with van der Waals surface area (Å²) < 4.78 is 11.3. The minimum absolute atomic E-state index is 0.160. The maximum atomic E-state index is 12.6. The molecule has 146 valence electrons. The second-order valence-electron chi connectivity index (χ2n) is 6.31. The van der Waals surface area contributed by atoms with E-state index < -0.39 is 0 Å². The van der Waals surface area contributed by atoms with E-state index in [0.29, 0.717) is 34.6 Å². The SMILES string of the molecule is CCOC(=O)CCCN1C(=O)/C(=C/c2ccc(-c3ccc(C)cc3)o2)SC1=S. The number of hydrogen-bond acceptors (Lipinski definition) is 6. The first-order valence-electron chi connectivity index (χ1n) is 9.06. The van der Waals surface area contributed by atoms with Gasteiger partial charge in [0.15, 0.2) is 0 Å². The minimum atomic E-state index is -0.261. The van der Waals surface area contributed by atoms with Crippen molar-refractivity contribution in [1.82, 2.24) is 4.90 Å². The van der Waals surface area contributed by atoms with Gasteiger partial charge in [-0.3, -0.25) is 14.5 Å². The van der Waals surface area contributed by atoms with E-state index in [0.717, 1.165) is 11.3 Å². The van der Waals surface area contributed by atoms with Crippen LogP contribution in [0.5, 0.6) is 0 Å². The number of ether oxygens (including phenoxy) is 1. The highest BCUT2D eigenvalue weighted by molar-refractivity contribution is 8.26. The van der Waals surface area contributed by atoms with Crippen LogP contribution in [0.2, 0.25) is 0 Å². The van der Waals surface area contributed by atoms with Gasteiger partial charge in [-0.1, -0.05) is 53.8 Å². The molecule has 1 aromatic carbocycles. The summed E-state index contributed by atoms with van der Waals surface area (Å²) in [6, 6.07) is 11.8. The van der Waals surface area contributed by atoms with E-state index in [2.05, 4.69) is 0 Å². The summed E-state index contributed by atoms with van der Waals surface area (Å²) in [4.78, 5) is 26.1. The molecule has 0 N–H and O–H groups in total. The Morgan fingerprint density at radius 2 is 2.00 bits per heavy atom. The molecule has 1 amide bonds. The Morgan fingerprint density at radius 1 is 1.25 bits per heavy atom. The molecular weight excluding hydrogens is 394 g/mol. The monoisotopic (exact) mass is 415 g/mol. The predicted molar refractivity (Wildman–Crippen MR) is 115 cm³/mol. The fourth-order valence-corrected chi connectivity index (χ4v) is 4.03. The zero-order valence-electron chi connectivity index (χ0n) is 15.8. The number of amides is 1. The first-order valence-corrected chi connectivity index (χ1v) is 10.3. The lowest BCUT2D eigenvalue weighted by Crippen LogP contribution is -2.29. The van der Waals surface area contributed by atoms with Crippen molar-refractivity contribution < 1.29 is 18.7 Å². The standard InChI is InChI=1S/C21H21NO4S2/c1-3-25-19(23)5-4-12-22-20(24)18(28-21(22)27)13-16-10-11-17(26-16)15-8-6-14(2)7-9-15/h6-11,13H,3-5,12H2,1-2H3/b18-13-. The summed E-state index contributed by atoms with van der Waals surface area (Å²) in [5, 5.41) is 0. The summed E-state index contributed by atoms with van der Waals surface area (Å²) in [5.41, 5.74) is 2.17. The molecule has 0 spiro atoms. The van der Waals surface area contributed by atoms with E-state index in [1.54, 1.807) is 13.0 Å². The largest absolute Gasteiger partial charge is 0.466 e. The summed E-state index contributed by atoms with van der Waals surface area (Å²) in [6.07, 6.45) is 2.49. The summed E-state index contributed by atoms with van der Waals surface area (Å²) in [5.74, 6) is 0.925. The Bertz CT molecular complexity index is 915. The number of benzene rings is 1. The van der Waals surface area contributed by atoms with Gasteiger partial charge in [-0.15, -0.1) is 0 Å². The number of hydrogen-bond donors (Lipinski definition) is 0. The van der Waals surface area contributed by atoms with Gasteiger partial charge in [-0.2, -0.15) is 0 Å². The van der Waals surface area contributed by atoms with Crippen LogP contribution in [-0.2, 0) is 14.3 Å². The first kappa shape index (κ1) is 20.4. The molecule has 7 heteroatoms. The molecule has 5 nitrogen and oxygen atoms in total. The zero-order chi connectivity index (χ0) is 20.1. The van der Waals surface area contributed by atoms with E-state index in [1.165, 1.54) is 22.2 Å². The molecule has 2 aromatic rings.